The summed E-state index contributed by atoms with van der Waals surface area (Å²) >= 11 is 0. The highest BCUT2D eigenvalue weighted by atomic mass is 16.5. The minimum absolute atomic E-state index is 0.233. The number of nitrogens with zero attached hydrogens (tertiary/aromatic N) is 2. The summed E-state index contributed by atoms with van der Waals surface area (Å²) in [6.45, 7) is 1.82. The number of phenols is 1. The molecule has 0 aliphatic heterocycles. The van der Waals surface area contributed by atoms with Crippen LogP contribution in [0.5, 0.6) is 11.5 Å². The Morgan fingerprint density at radius 2 is 1.91 bits per heavy atom. The highest BCUT2D eigenvalue weighted by Gasteiger charge is 2.13. The molecule has 116 valence electrons. The molecule has 0 aliphatic rings. The third kappa shape index (κ3) is 2.94. The molecule has 5 heteroatoms. The van der Waals surface area contributed by atoms with Gasteiger partial charge in [-0.3, -0.25) is 0 Å². The second-order valence-corrected chi connectivity index (χ2v) is 5.22. The van der Waals surface area contributed by atoms with Crippen LogP contribution in [0.2, 0.25) is 0 Å². The molecular formula is C18H16N2O3. The molecule has 1 aromatic heterocycles. The summed E-state index contributed by atoms with van der Waals surface area (Å²) in [6, 6.07) is 14.3. The largest absolute Gasteiger partial charge is 0.710 e. The predicted octanol–water partition coefficient (Wildman–Crippen LogP) is 3.07. The first-order chi connectivity index (χ1) is 11.1. The van der Waals surface area contributed by atoms with Gasteiger partial charge in [-0.15, -0.1) is 0 Å². The van der Waals surface area contributed by atoms with Crippen LogP contribution in [0.3, 0.4) is 0 Å². The van der Waals surface area contributed by atoms with Crippen LogP contribution in [0.15, 0.2) is 54.9 Å². The number of hydrogen-bond acceptors (Lipinski definition) is 4. The Bertz CT molecular complexity index is 863. The molecule has 0 spiro atoms. The molecule has 0 radical (unpaired) electrons. The highest BCUT2D eigenvalue weighted by molar-refractivity contribution is 5.67. The summed E-state index contributed by atoms with van der Waals surface area (Å²) in [6.07, 6.45) is 1.24. The first-order valence-electron chi connectivity index (χ1n) is 7.12. The van der Waals surface area contributed by atoms with Crippen LogP contribution in [-0.4, -0.2) is 17.2 Å². The molecule has 0 atom stereocenters. The lowest BCUT2D eigenvalue weighted by Crippen LogP contribution is -2.29. The zero-order valence-corrected chi connectivity index (χ0v) is 12.9. The molecule has 0 saturated carbocycles. The molecule has 0 aliphatic carbocycles. The van der Waals surface area contributed by atoms with E-state index in [-0.39, 0.29) is 5.75 Å². The van der Waals surface area contributed by atoms with Gasteiger partial charge in [0, 0.05) is 17.2 Å². The van der Waals surface area contributed by atoms with Gasteiger partial charge in [-0.1, -0.05) is 12.1 Å². The SMILES string of the molecule is COc1cccc(-c2cc(-c3ccc(O)c(C)c3)nc[n+]2[O-])c1. The first-order valence-corrected chi connectivity index (χ1v) is 7.12. The van der Waals surface area contributed by atoms with E-state index in [9.17, 15) is 10.3 Å². The number of benzene rings is 2. The topological polar surface area (TPSA) is 69.3 Å². The molecule has 1 N–H and O–H groups in total. The maximum atomic E-state index is 12.1. The van der Waals surface area contributed by atoms with Gasteiger partial charge in [-0.05, 0) is 47.8 Å². The molecular weight excluding hydrogens is 292 g/mol. The van der Waals surface area contributed by atoms with Crippen molar-refractivity contribution in [3.05, 3.63) is 65.6 Å². The van der Waals surface area contributed by atoms with E-state index in [1.165, 1.54) is 6.33 Å². The monoisotopic (exact) mass is 308 g/mol. The molecule has 0 amide bonds. The number of aromatic nitrogens is 2. The summed E-state index contributed by atoms with van der Waals surface area (Å²) in [4.78, 5) is 4.19. The summed E-state index contributed by atoms with van der Waals surface area (Å²) in [5.74, 6) is 0.915. The van der Waals surface area contributed by atoms with E-state index in [2.05, 4.69) is 4.98 Å². The van der Waals surface area contributed by atoms with Crippen molar-refractivity contribution in [2.24, 2.45) is 0 Å². The molecule has 0 fully saturated rings. The second-order valence-electron chi connectivity index (χ2n) is 5.22. The number of methoxy groups -OCH3 is 1. The van der Waals surface area contributed by atoms with E-state index >= 15 is 0 Å². The average molecular weight is 308 g/mol. The lowest BCUT2D eigenvalue weighted by molar-refractivity contribution is -0.597. The summed E-state index contributed by atoms with van der Waals surface area (Å²) in [7, 11) is 1.58. The van der Waals surface area contributed by atoms with Crippen LogP contribution in [0.25, 0.3) is 22.5 Å². The van der Waals surface area contributed by atoms with Gasteiger partial charge in [0.15, 0.2) is 5.69 Å². The van der Waals surface area contributed by atoms with Gasteiger partial charge >= 0.3 is 0 Å². The van der Waals surface area contributed by atoms with Crippen molar-refractivity contribution in [2.75, 3.05) is 7.11 Å². The van der Waals surface area contributed by atoms with Crippen LogP contribution >= 0.6 is 0 Å². The van der Waals surface area contributed by atoms with Gasteiger partial charge < -0.3 is 15.1 Å². The zero-order valence-electron chi connectivity index (χ0n) is 12.9. The molecule has 0 bridgehead atoms. The maximum absolute atomic E-state index is 12.1. The summed E-state index contributed by atoms with van der Waals surface area (Å²) < 4.78 is 5.93. The maximum Gasteiger partial charge on any atom is 0.290 e. The lowest BCUT2D eigenvalue weighted by Gasteiger charge is -2.10. The fraction of sp³-hybridized carbons (Fsp3) is 0.111. The quantitative estimate of drug-likeness (QED) is 0.596. The molecule has 3 aromatic rings. The number of rotatable bonds is 3. The van der Waals surface area contributed by atoms with Crippen molar-refractivity contribution in [1.82, 2.24) is 4.98 Å². The van der Waals surface area contributed by atoms with E-state index in [1.54, 1.807) is 31.4 Å². The molecule has 2 aromatic carbocycles. The Labute approximate surface area is 134 Å². The average Bonchev–Trinajstić information content (AvgIpc) is 2.58. The third-order valence-electron chi connectivity index (χ3n) is 3.67. The van der Waals surface area contributed by atoms with E-state index in [4.69, 9.17) is 4.74 Å². The number of hydrogen-bond donors (Lipinski definition) is 1. The molecule has 1 heterocycles. The lowest BCUT2D eigenvalue weighted by atomic mass is 10.1. The van der Waals surface area contributed by atoms with E-state index in [0.29, 0.717) is 17.1 Å². The Balaban J connectivity index is 2.10. The van der Waals surface area contributed by atoms with E-state index < -0.39 is 0 Å². The van der Waals surface area contributed by atoms with Crippen molar-refractivity contribution in [2.45, 2.75) is 6.92 Å². The van der Waals surface area contributed by atoms with Crippen LogP contribution in [0.1, 0.15) is 5.56 Å². The molecule has 23 heavy (non-hydrogen) atoms. The molecule has 0 saturated heterocycles. The van der Waals surface area contributed by atoms with Crippen molar-refractivity contribution in [1.29, 1.82) is 0 Å². The molecule has 5 nitrogen and oxygen atoms in total. The van der Waals surface area contributed by atoms with Crippen molar-refractivity contribution in [3.8, 4) is 34.0 Å². The Hall–Kier alpha value is -3.08. The molecule has 0 unspecified atom stereocenters. The van der Waals surface area contributed by atoms with Gasteiger partial charge in [0.25, 0.3) is 6.33 Å². The Morgan fingerprint density at radius 3 is 2.65 bits per heavy atom. The normalized spacial score (nSPS) is 10.5. The van der Waals surface area contributed by atoms with Gasteiger partial charge in [0.2, 0.25) is 0 Å². The first kappa shape index (κ1) is 14.8. The number of aryl methyl sites for hydroxylation is 1. The van der Waals surface area contributed by atoms with E-state index in [0.717, 1.165) is 21.4 Å². The van der Waals surface area contributed by atoms with Gasteiger partial charge in [0.05, 0.1) is 7.11 Å². The van der Waals surface area contributed by atoms with Crippen molar-refractivity contribution < 1.29 is 14.6 Å². The smallest absolute Gasteiger partial charge is 0.290 e. The zero-order chi connectivity index (χ0) is 16.4. The third-order valence-corrected chi connectivity index (χ3v) is 3.67. The van der Waals surface area contributed by atoms with Crippen LogP contribution < -0.4 is 9.47 Å². The standard InChI is InChI=1S/C18H16N2O3/c1-12-8-13(6-7-18(12)21)16-10-17(20(22)11-19-16)14-4-3-5-15(9-14)23-2/h3-11,21H,1-2H3. The Kier molecular flexibility index (Phi) is 3.85. The minimum atomic E-state index is 0.233. The fourth-order valence-corrected chi connectivity index (χ4v) is 2.37. The second kappa shape index (κ2) is 5.96. The van der Waals surface area contributed by atoms with Crippen LogP contribution in [0, 0.1) is 12.1 Å². The summed E-state index contributed by atoms with van der Waals surface area (Å²) in [5, 5.41) is 21.7. The highest BCUT2D eigenvalue weighted by Crippen LogP contribution is 2.27. The van der Waals surface area contributed by atoms with Gasteiger partial charge in [-0.2, -0.15) is 0 Å². The van der Waals surface area contributed by atoms with Crippen molar-refractivity contribution >= 4 is 0 Å². The number of aromatic hydroxyl groups is 1. The van der Waals surface area contributed by atoms with Crippen molar-refractivity contribution in [3.63, 3.8) is 0 Å². The fourth-order valence-electron chi connectivity index (χ4n) is 2.37. The predicted molar refractivity (Wildman–Crippen MR) is 87.0 cm³/mol. The van der Waals surface area contributed by atoms with Crippen LogP contribution in [0.4, 0.5) is 0 Å². The van der Waals surface area contributed by atoms with Crippen LogP contribution in [-0.2, 0) is 0 Å². The summed E-state index contributed by atoms with van der Waals surface area (Å²) in [5.41, 5.74) is 3.49. The molecule has 3 rings (SSSR count). The minimum Gasteiger partial charge on any atom is -0.710 e. The number of phenolic OH excluding ortho intramolecular Hbond substituents is 1. The van der Waals surface area contributed by atoms with E-state index in [1.807, 2.05) is 31.2 Å². The number of ether oxygens (including phenoxy) is 1. The van der Waals surface area contributed by atoms with Gasteiger partial charge in [-0.25, -0.2) is 4.73 Å². The Morgan fingerprint density at radius 1 is 1.09 bits per heavy atom. The van der Waals surface area contributed by atoms with Gasteiger partial charge in [0.1, 0.15) is 17.2 Å².